The van der Waals surface area contributed by atoms with Gasteiger partial charge < -0.3 is 9.88 Å². The second kappa shape index (κ2) is 9.44. The average molecular weight is 522 g/mol. The van der Waals surface area contributed by atoms with E-state index < -0.39 is 0 Å². The lowest BCUT2D eigenvalue weighted by molar-refractivity contribution is 0.0920. The third kappa shape index (κ3) is 4.27. The van der Waals surface area contributed by atoms with Gasteiger partial charge in [-0.15, -0.1) is 0 Å². The highest BCUT2D eigenvalue weighted by molar-refractivity contribution is 7.17. The van der Waals surface area contributed by atoms with E-state index in [0.29, 0.717) is 32.7 Å². The Morgan fingerprint density at radius 3 is 2.86 bits per heavy atom. The summed E-state index contributed by atoms with van der Waals surface area (Å²) < 4.78 is 17.5. The molecule has 1 saturated carbocycles. The largest absolute Gasteiger partial charge is 0.347 e. The van der Waals surface area contributed by atoms with Crippen LogP contribution in [0, 0.1) is 5.82 Å². The predicted molar refractivity (Wildman–Crippen MR) is 136 cm³/mol. The maximum atomic E-state index is 14.9. The molecule has 1 aliphatic rings. The Balaban J connectivity index is 1.40. The summed E-state index contributed by atoms with van der Waals surface area (Å²) in [6.45, 7) is 0. The van der Waals surface area contributed by atoms with Gasteiger partial charge in [-0.05, 0) is 43.9 Å². The highest BCUT2D eigenvalue weighted by Crippen LogP contribution is 2.37. The first kappa shape index (κ1) is 22.8. The van der Waals surface area contributed by atoms with Crippen LogP contribution in [0.4, 0.5) is 4.39 Å². The number of nitrogens with one attached hydrogen (secondary N) is 2. The number of imidazole rings is 1. The molecule has 6 rings (SSSR count). The highest BCUT2D eigenvalue weighted by atomic mass is 35.5. The number of nitrogens with zero attached hydrogens (tertiary/aromatic N) is 5. The lowest BCUT2D eigenvalue weighted by Crippen LogP contribution is -2.39. The van der Waals surface area contributed by atoms with Crippen LogP contribution in [0.3, 0.4) is 0 Å². The minimum Gasteiger partial charge on any atom is -0.347 e. The van der Waals surface area contributed by atoms with Crippen molar-refractivity contribution in [1.29, 1.82) is 0 Å². The molecule has 4 heterocycles. The minimum atomic E-state index is -0.335. The number of carbonyl (C=O) groups excluding carboxylic acids is 1. The molecule has 4 aromatic heterocycles. The van der Waals surface area contributed by atoms with E-state index in [-0.39, 0.29) is 23.8 Å². The fourth-order valence-electron chi connectivity index (χ4n) is 4.89. The van der Waals surface area contributed by atoms with Gasteiger partial charge in [0, 0.05) is 23.8 Å². The SMILES string of the molecule is O=C(N[C@H]1CCC[C@@H](n2c(-c3ccccc3F)nc3cnc(-c4cn[nH]c4)cc32)C1)c1ncc(Cl)s1. The molecule has 0 radical (unpaired) electrons. The van der Waals surface area contributed by atoms with E-state index in [9.17, 15) is 9.18 Å². The molecule has 0 aliphatic heterocycles. The Bertz CT molecular complexity index is 1550. The zero-order valence-corrected chi connectivity index (χ0v) is 20.6. The fourth-order valence-corrected chi connectivity index (χ4v) is 5.70. The molecule has 36 heavy (non-hydrogen) atoms. The first-order chi connectivity index (χ1) is 17.6. The number of hydrogen-bond donors (Lipinski definition) is 2. The third-order valence-electron chi connectivity index (χ3n) is 6.50. The van der Waals surface area contributed by atoms with Crippen LogP contribution in [-0.4, -0.2) is 41.7 Å². The van der Waals surface area contributed by atoms with Gasteiger partial charge in [-0.3, -0.25) is 14.9 Å². The molecule has 5 aromatic rings. The van der Waals surface area contributed by atoms with Gasteiger partial charge in [0.2, 0.25) is 0 Å². The Morgan fingerprint density at radius 2 is 2.08 bits per heavy atom. The van der Waals surface area contributed by atoms with Crippen molar-refractivity contribution in [3.05, 3.63) is 70.3 Å². The van der Waals surface area contributed by atoms with Crippen molar-refractivity contribution in [3.63, 3.8) is 0 Å². The normalized spacial score (nSPS) is 17.9. The molecule has 8 nitrogen and oxygen atoms in total. The Hall–Kier alpha value is -3.63. The van der Waals surface area contributed by atoms with Crippen molar-refractivity contribution in [2.45, 2.75) is 37.8 Å². The van der Waals surface area contributed by atoms with Crippen molar-refractivity contribution < 1.29 is 9.18 Å². The topological polar surface area (TPSA) is 101 Å². The first-order valence-electron chi connectivity index (χ1n) is 11.6. The number of aromatic nitrogens is 6. The minimum absolute atomic E-state index is 0.00291. The van der Waals surface area contributed by atoms with Crippen LogP contribution < -0.4 is 5.32 Å². The van der Waals surface area contributed by atoms with Crippen molar-refractivity contribution in [2.75, 3.05) is 0 Å². The van der Waals surface area contributed by atoms with E-state index in [1.807, 2.05) is 6.07 Å². The predicted octanol–water partition coefficient (Wildman–Crippen LogP) is 5.65. The number of H-pyrrole nitrogens is 1. The maximum absolute atomic E-state index is 14.9. The second-order valence-electron chi connectivity index (χ2n) is 8.79. The molecule has 2 atom stereocenters. The van der Waals surface area contributed by atoms with E-state index in [1.54, 1.807) is 36.8 Å². The van der Waals surface area contributed by atoms with Crippen molar-refractivity contribution >= 4 is 39.9 Å². The van der Waals surface area contributed by atoms with Crippen LogP contribution >= 0.6 is 22.9 Å². The van der Waals surface area contributed by atoms with Crippen LogP contribution in [0.25, 0.3) is 33.7 Å². The van der Waals surface area contributed by atoms with Gasteiger partial charge in [-0.1, -0.05) is 35.1 Å². The standard InChI is InChI=1S/C25H21ClFN7OS/c26-22-13-29-25(36-22)24(35)32-15-4-3-5-16(8-15)34-21-9-19(14-10-30-31-11-14)28-12-20(21)33-23(34)17-6-1-2-7-18(17)27/h1-2,6-7,9-13,15-16H,3-5,8H2,(H,30,31)(H,32,35)/t15-,16+/m0/s1. The molecule has 1 aromatic carbocycles. The fraction of sp³-hybridized carbons (Fsp3) is 0.240. The lowest BCUT2D eigenvalue weighted by Gasteiger charge is -2.32. The molecule has 11 heteroatoms. The molecule has 0 saturated heterocycles. The summed E-state index contributed by atoms with van der Waals surface area (Å²) >= 11 is 7.11. The summed E-state index contributed by atoms with van der Waals surface area (Å²) in [6, 6.07) is 8.57. The highest BCUT2D eigenvalue weighted by Gasteiger charge is 2.29. The number of halogens is 2. The van der Waals surface area contributed by atoms with Crippen LogP contribution in [0.5, 0.6) is 0 Å². The van der Waals surface area contributed by atoms with Crippen molar-refractivity contribution in [1.82, 2.24) is 35.0 Å². The van der Waals surface area contributed by atoms with E-state index in [1.165, 1.54) is 12.3 Å². The van der Waals surface area contributed by atoms with E-state index in [0.717, 1.165) is 47.4 Å². The maximum Gasteiger partial charge on any atom is 0.280 e. The smallest absolute Gasteiger partial charge is 0.280 e. The zero-order valence-electron chi connectivity index (χ0n) is 19.0. The van der Waals surface area contributed by atoms with Crippen molar-refractivity contribution in [3.8, 4) is 22.6 Å². The summed E-state index contributed by atoms with van der Waals surface area (Å²) in [5.41, 5.74) is 3.58. The first-order valence-corrected chi connectivity index (χ1v) is 12.8. The molecule has 182 valence electrons. The van der Waals surface area contributed by atoms with Crippen LogP contribution in [0.1, 0.15) is 41.5 Å². The van der Waals surface area contributed by atoms with E-state index in [2.05, 4.69) is 30.0 Å². The molecule has 1 aliphatic carbocycles. The summed E-state index contributed by atoms with van der Waals surface area (Å²) in [5, 5.41) is 10.3. The second-order valence-corrected chi connectivity index (χ2v) is 10.5. The Morgan fingerprint density at radius 1 is 1.19 bits per heavy atom. The zero-order chi connectivity index (χ0) is 24.6. The number of aromatic amines is 1. The molecular weight excluding hydrogens is 501 g/mol. The Kier molecular flexibility index (Phi) is 5.98. The van der Waals surface area contributed by atoms with Crippen LogP contribution in [0.2, 0.25) is 4.34 Å². The van der Waals surface area contributed by atoms with Gasteiger partial charge in [0.15, 0.2) is 5.01 Å². The van der Waals surface area contributed by atoms with Gasteiger partial charge in [0.05, 0.1) is 35.4 Å². The summed E-state index contributed by atoms with van der Waals surface area (Å²) in [4.78, 5) is 26.2. The monoisotopic (exact) mass is 521 g/mol. The number of benzene rings is 1. The lowest BCUT2D eigenvalue weighted by atomic mass is 9.90. The number of thiazole rings is 1. The van der Waals surface area contributed by atoms with E-state index >= 15 is 0 Å². The van der Waals surface area contributed by atoms with Gasteiger partial charge in [0.1, 0.15) is 21.5 Å². The van der Waals surface area contributed by atoms with E-state index in [4.69, 9.17) is 16.6 Å². The van der Waals surface area contributed by atoms with Gasteiger partial charge >= 0.3 is 0 Å². The molecular formula is C25H21ClFN7OS. The number of fused-ring (bicyclic) bond motifs is 1. The van der Waals surface area contributed by atoms with Gasteiger partial charge in [-0.25, -0.2) is 14.4 Å². The van der Waals surface area contributed by atoms with Crippen LogP contribution in [0.15, 0.2) is 55.1 Å². The average Bonchev–Trinajstić information content (AvgIpc) is 3.64. The number of rotatable bonds is 5. The van der Waals surface area contributed by atoms with Gasteiger partial charge in [-0.2, -0.15) is 5.10 Å². The molecule has 1 fully saturated rings. The number of amides is 1. The number of carbonyl (C=O) groups is 1. The third-order valence-corrected chi connectivity index (χ3v) is 7.62. The summed E-state index contributed by atoms with van der Waals surface area (Å²) in [5.74, 6) is -0.00915. The number of hydrogen-bond acceptors (Lipinski definition) is 6. The van der Waals surface area contributed by atoms with Crippen molar-refractivity contribution in [2.24, 2.45) is 0 Å². The van der Waals surface area contributed by atoms with Gasteiger partial charge in [0.25, 0.3) is 5.91 Å². The summed E-state index contributed by atoms with van der Waals surface area (Å²) in [6.07, 6.45) is 10.0. The number of pyridine rings is 1. The summed E-state index contributed by atoms with van der Waals surface area (Å²) in [7, 11) is 0. The molecule has 1 amide bonds. The molecule has 0 bridgehead atoms. The molecule has 0 unspecified atom stereocenters. The molecule has 0 spiro atoms. The quantitative estimate of drug-likeness (QED) is 0.311. The Labute approximate surface area is 214 Å². The van der Waals surface area contributed by atoms with Crippen LogP contribution in [-0.2, 0) is 0 Å². The molecule has 2 N–H and O–H groups in total.